The minimum Gasteiger partial charge on any atom is -0.396 e. The molecule has 1 saturated heterocycles. The summed E-state index contributed by atoms with van der Waals surface area (Å²) in [5, 5.41) is 9.54. The van der Waals surface area contributed by atoms with E-state index in [0.29, 0.717) is 6.61 Å². The molecule has 0 amide bonds. The first-order valence-corrected chi connectivity index (χ1v) is 6.40. The quantitative estimate of drug-likeness (QED) is 0.758. The van der Waals surface area contributed by atoms with Crippen molar-refractivity contribution in [3.05, 3.63) is 0 Å². The Kier molecular flexibility index (Phi) is 4.60. The molecule has 2 atom stereocenters. The number of hydrogen-bond donors (Lipinski definition) is 1. The summed E-state index contributed by atoms with van der Waals surface area (Å²) >= 11 is 0. The number of nitrogens with zero attached hydrogens (tertiary/aromatic N) is 1. The normalized spacial score (nSPS) is 28.6. The Balaban J connectivity index is 2.53. The molecule has 0 spiro atoms. The molecule has 0 radical (unpaired) electrons. The Hall–Kier alpha value is -0.0800. The van der Waals surface area contributed by atoms with E-state index in [9.17, 15) is 5.11 Å². The molecule has 2 heteroatoms. The van der Waals surface area contributed by atoms with Crippen molar-refractivity contribution < 1.29 is 5.11 Å². The van der Waals surface area contributed by atoms with Gasteiger partial charge in [-0.2, -0.15) is 0 Å². The summed E-state index contributed by atoms with van der Waals surface area (Å²) in [6.07, 6.45) is 2.17. The Bertz CT molecular complexity index is 171. The SMILES string of the molecule is CCC(CC)(CO)CN1CC(C)C(C)C1. The molecule has 0 saturated carbocycles. The van der Waals surface area contributed by atoms with Crippen molar-refractivity contribution in [3.8, 4) is 0 Å². The first-order chi connectivity index (χ1) is 7.06. The van der Waals surface area contributed by atoms with Gasteiger partial charge >= 0.3 is 0 Å². The van der Waals surface area contributed by atoms with Gasteiger partial charge in [0.1, 0.15) is 0 Å². The second kappa shape index (κ2) is 5.31. The van der Waals surface area contributed by atoms with Crippen LogP contribution in [0.1, 0.15) is 40.5 Å². The highest BCUT2D eigenvalue weighted by Gasteiger charge is 2.33. The average Bonchev–Trinajstić information content (AvgIpc) is 2.55. The third-order valence-corrected chi connectivity index (χ3v) is 4.46. The zero-order valence-electron chi connectivity index (χ0n) is 10.8. The monoisotopic (exact) mass is 213 g/mol. The standard InChI is InChI=1S/C13H27NO/c1-5-13(6-2,10-15)9-14-7-11(3)12(4)8-14/h11-12,15H,5-10H2,1-4H3. The molecule has 0 aromatic rings. The van der Waals surface area contributed by atoms with Gasteiger partial charge in [-0.15, -0.1) is 0 Å². The Morgan fingerprint density at radius 2 is 1.60 bits per heavy atom. The van der Waals surface area contributed by atoms with E-state index in [-0.39, 0.29) is 5.41 Å². The van der Waals surface area contributed by atoms with E-state index in [2.05, 4.69) is 32.6 Å². The zero-order chi connectivity index (χ0) is 11.5. The van der Waals surface area contributed by atoms with Crippen LogP contribution >= 0.6 is 0 Å². The van der Waals surface area contributed by atoms with E-state index in [0.717, 1.165) is 31.2 Å². The minimum atomic E-state index is 0.143. The van der Waals surface area contributed by atoms with E-state index in [1.54, 1.807) is 0 Å². The fraction of sp³-hybridized carbons (Fsp3) is 1.00. The lowest BCUT2D eigenvalue weighted by Crippen LogP contribution is -2.38. The van der Waals surface area contributed by atoms with Crippen LogP contribution in [0.2, 0.25) is 0 Å². The number of aliphatic hydroxyl groups is 1. The van der Waals surface area contributed by atoms with Gasteiger partial charge in [-0.3, -0.25) is 0 Å². The van der Waals surface area contributed by atoms with Crippen LogP contribution in [-0.2, 0) is 0 Å². The van der Waals surface area contributed by atoms with Gasteiger partial charge in [-0.25, -0.2) is 0 Å². The Morgan fingerprint density at radius 3 is 1.93 bits per heavy atom. The van der Waals surface area contributed by atoms with Crippen LogP contribution in [0.3, 0.4) is 0 Å². The van der Waals surface area contributed by atoms with Gasteiger partial charge in [0.05, 0.1) is 0 Å². The molecular weight excluding hydrogens is 186 g/mol. The molecule has 0 aromatic heterocycles. The lowest BCUT2D eigenvalue weighted by molar-refractivity contribution is 0.0730. The van der Waals surface area contributed by atoms with Gasteiger partial charge in [-0.05, 0) is 24.7 Å². The number of aliphatic hydroxyl groups excluding tert-OH is 1. The van der Waals surface area contributed by atoms with Crippen LogP contribution < -0.4 is 0 Å². The van der Waals surface area contributed by atoms with Crippen molar-refractivity contribution in [2.75, 3.05) is 26.2 Å². The van der Waals surface area contributed by atoms with E-state index >= 15 is 0 Å². The molecule has 1 fully saturated rings. The lowest BCUT2D eigenvalue weighted by atomic mass is 9.83. The summed E-state index contributed by atoms with van der Waals surface area (Å²) in [4.78, 5) is 2.54. The van der Waals surface area contributed by atoms with Gasteiger partial charge in [0.15, 0.2) is 0 Å². The van der Waals surface area contributed by atoms with Crippen molar-refractivity contribution in [1.82, 2.24) is 4.90 Å². The number of likely N-dealkylation sites (tertiary alicyclic amines) is 1. The van der Waals surface area contributed by atoms with Gasteiger partial charge < -0.3 is 10.0 Å². The van der Waals surface area contributed by atoms with E-state index < -0.39 is 0 Å². The number of rotatable bonds is 5. The van der Waals surface area contributed by atoms with Crippen molar-refractivity contribution in [3.63, 3.8) is 0 Å². The van der Waals surface area contributed by atoms with Crippen LogP contribution in [0.15, 0.2) is 0 Å². The highest BCUT2D eigenvalue weighted by atomic mass is 16.3. The molecule has 15 heavy (non-hydrogen) atoms. The summed E-state index contributed by atoms with van der Waals surface area (Å²) in [5.41, 5.74) is 0.143. The van der Waals surface area contributed by atoms with Crippen LogP contribution in [-0.4, -0.2) is 36.2 Å². The Morgan fingerprint density at radius 1 is 1.13 bits per heavy atom. The molecule has 1 N–H and O–H groups in total. The highest BCUT2D eigenvalue weighted by Crippen LogP contribution is 2.31. The third kappa shape index (κ3) is 2.94. The molecule has 2 nitrogen and oxygen atoms in total. The van der Waals surface area contributed by atoms with Crippen LogP contribution in [0.5, 0.6) is 0 Å². The minimum absolute atomic E-state index is 0.143. The average molecular weight is 213 g/mol. The molecule has 1 heterocycles. The van der Waals surface area contributed by atoms with Crippen molar-refractivity contribution in [1.29, 1.82) is 0 Å². The van der Waals surface area contributed by atoms with E-state index in [1.165, 1.54) is 13.1 Å². The molecule has 1 aliphatic heterocycles. The Labute approximate surface area is 94.7 Å². The smallest absolute Gasteiger partial charge is 0.0499 e. The molecule has 0 aromatic carbocycles. The van der Waals surface area contributed by atoms with Crippen molar-refractivity contribution in [2.45, 2.75) is 40.5 Å². The fourth-order valence-electron chi connectivity index (χ4n) is 2.60. The maximum atomic E-state index is 9.54. The second-order valence-electron chi connectivity index (χ2n) is 5.51. The highest BCUT2D eigenvalue weighted by molar-refractivity contribution is 4.85. The molecule has 1 rings (SSSR count). The van der Waals surface area contributed by atoms with Gasteiger partial charge in [0.2, 0.25) is 0 Å². The maximum Gasteiger partial charge on any atom is 0.0499 e. The topological polar surface area (TPSA) is 23.5 Å². The molecule has 2 unspecified atom stereocenters. The van der Waals surface area contributed by atoms with Gasteiger partial charge in [0.25, 0.3) is 0 Å². The zero-order valence-corrected chi connectivity index (χ0v) is 10.8. The van der Waals surface area contributed by atoms with Gasteiger partial charge in [0, 0.05) is 31.7 Å². The summed E-state index contributed by atoms with van der Waals surface area (Å²) in [6.45, 7) is 12.9. The summed E-state index contributed by atoms with van der Waals surface area (Å²) < 4.78 is 0. The maximum absolute atomic E-state index is 9.54. The first kappa shape index (κ1) is 13.0. The predicted molar refractivity (Wildman–Crippen MR) is 64.9 cm³/mol. The predicted octanol–water partition coefficient (Wildman–Crippen LogP) is 2.37. The number of hydrogen-bond acceptors (Lipinski definition) is 2. The summed E-state index contributed by atoms with van der Waals surface area (Å²) in [5.74, 6) is 1.63. The lowest BCUT2D eigenvalue weighted by Gasteiger charge is -2.34. The van der Waals surface area contributed by atoms with Gasteiger partial charge in [-0.1, -0.05) is 27.7 Å². The summed E-state index contributed by atoms with van der Waals surface area (Å²) in [6, 6.07) is 0. The van der Waals surface area contributed by atoms with Crippen molar-refractivity contribution >= 4 is 0 Å². The fourth-order valence-corrected chi connectivity index (χ4v) is 2.60. The summed E-state index contributed by atoms with van der Waals surface area (Å²) in [7, 11) is 0. The van der Waals surface area contributed by atoms with Crippen LogP contribution in [0.4, 0.5) is 0 Å². The largest absolute Gasteiger partial charge is 0.396 e. The van der Waals surface area contributed by atoms with E-state index in [1.807, 2.05) is 0 Å². The van der Waals surface area contributed by atoms with E-state index in [4.69, 9.17) is 0 Å². The van der Waals surface area contributed by atoms with Crippen LogP contribution in [0, 0.1) is 17.3 Å². The molecule has 90 valence electrons. The third-order valence-electron chi connectivity index (χ3n) is 4.46. The molecule has 0 bridgehead atoms. The van der Waals surface area contributed by atoms with Crippen LogP contribution in [0.25, 0.3) is 0 Å². The van der Waals surface area contributed by atoms with Crippen molar-refractivity contribution in [2.24, 2.45) is 17.3 Å². The molecule has 0 aliphatic carbocycles. The molecular formula is C13H27NO. The molecule has 1 aliphatic rings. The second-order valence-corrected chi connectivity index (χ2v) is 5.51. The first-order valence-electron chi connectivity index (χ1n) is 6.40.